The SMILES string of the molecule is Cn1c(O)c(C(=O)C[C@H]2[NH2+]CCc3ccccc32)c(=O)n(C)c1=O. The summed E-state index contributed by atoms with van der Waals surface area (Å²) < 4.78 is 1.75. The van der Waals surface area contributed by atoms with Gasteiger partial charge in [0.05, 0.1) is 13.0 Å². The van der Waals surface area contributed by atoms with E-state index in [0.29, 0.717) is 0 Å². The minimum absolute atomic E-state index is 0.0937. The summed E-state index contributed by atoms with van der Waals surface area (Å²) in [5.74, 6) is -1.03. The molecule has 0 amide bonds. The summed E-state index contributed by atoms with van der Waals surface area (Å²) in [7, 11) is 2.62. The molecule has 1 aliphatic rings. The predicted octanol–water partition coefficient (Wildman–Crippen LogP) is -0.777. The number of Topliss-reactive ketones (excluding diaryl/α,β-unsaturated/α-hetero) is 1. The fourth-order valence-electron chi connectivity index (χ4n) is 3.26. The number of ketones is 1. The molecule has 0 radical (unpaired) electrons. The molecule has 0 saturated carbocycles. The summed E-state index contributed by atoms with van der Waals surface area (Å²) in [4.78, 5) is 36.7. The highest BCUT2D eigenvalue weighted by atomic mass is 16.3. The van der Waals surface area contributed by atoms with Crippen LogP contribution < -0.4 is 16.6 Å². The number of aromatic hydroxyl groups is 1. The van der Waals surface area contributed by atoms with Crippen LogP contribution in [-0.4, -0.2) is 26.6 Å². The molecule has 7 nitrogen and oxygen atoms in total. The van der Waals surface area contributed by atoms with E-state index in [1.165, 1.54) is 19.7 Å². The number of hydrogen-bond donors (Lipinski definition) is 2. The quantitative estimate of drug-likeness (QED) is 0.722. The fraction of sp³-hybridized carbons (Fsp3) is 0.353. The summed E-state index contributed by atoms with van der Waals surface area (Å²) in [5.41, 5.74) is 0.540. The monoisotopic (exact) mass is 330 g/mol. The zero-order valence-corrected chi connectivity index (χ0v) is 13.7. The van der Waals surface area contributed by atoms with E-state index in [2.05, 4.69) is 5.32 Å². The van der Waals surface area contributed by atoms with Gasteiger partial charge in [0, 0.05) is 26.1 Å². The van der Waals surface area contributed by atoms with Crippen molar-refractivity contribution in [3.8, 4) is 5.88 Å². The van der Waals surface area contributed by atoms with E-state index in [1.807, 2.05) is 24.3 Å². The van der Waals surface area contributed by atoms with Crippen molar-refractivity contribution in [3.05, 3.63) is 61.8 Å². The number of carbonyl (C=O) groups is 1. The first-order valence-corrected chi connectivity index (χ1v) is 7.85. The standard InChI is InChI=1S/C17H19N3O4/c1-19-15(22)14(16(23)20(2)17(19)24)13(21)9-12-11-6-4-3-5-10(11)7-8-18-12/h3-6,12,18,22H,7-9H2,1-2H3/p+1/t12-/m1/s1. The zero-order valence-electron chi connectivity index (χ0n) is 13.7. The van der Waals surface area contributed by atoms with Gasteiger partial charge in [-0.05, 0) is 5.56 Å². The Labute approximate surface area is 138 Å². The molecule has 1 atom stereocenters. The highest BCUT2D eigenvalue weighted by Crippen LogP contribution is 2.23. The van der Waals surface area contributed by atoms with Crippen molar-refractivity contribution in [2.24, 2.45) is 14.1 Å². The molecule has 126 valence electrons. The minimum Gasteiger partial charge on any atom is -0.494 e. The van der Waals surface area contributed by atoms with E-state index in [-0.39, 0.29) is 18.0 Å². The Morgan fingerprint density at radius 3 is 2.71 bits per heavy atom. The van der Waals surface area contributed by atoms with Crippen molar-refractivity contribution >= 4 is 5.78 Å². The molecule has 0 bridgehead atoms. The van der Waals surface area contributed by atoms with Crippen molar-refractivity contribution in [3.63, 3.8) is 0 Å². The topological polar surface area (TPSA) is 97.9 Å². The van der Waals surface area contributed by atoms with E-state index in [1.54, 1.807) is 0 Å². The predicted molar refractivity (Wildman–Crippen MR) is 87.2 cm³/mol. The van der Waals surface area contributed by atoms with Gasteiger partial charge in [-0.2, -0.15) is 0 Å². The van der Waals surface area contributed by atoms with E-state index in [0.717, 1.165) is 27.7 Å². The van der Waals surface area contributed by atoms with Gasteiger partial charge >= 0.3 is 5.69 Å². The van der Waals surface area contributed by atoms with Gasteiger partial charge in [-0.3, -0.25) is 18.7 Å². The van der Waals surface area contributed by atoms with Gasteiger partial charge in [0.25, 0.3) is 5.56 Å². The third kappa shape index (κ3) is 2.56. The third-order valence-corrected chi connectivity index (χ3v) is 4.64. The minimum atomic E-state index is -0.760. The second-order valence-electron chi connectivity index (χ2n) is 6.11. The van der Waals surface area contributed by atoms with Crippen molar-refractivity contribution in [1.82, 2.24) is 9.13 Å². The van der Waals surface area contributed by atoms with Crippen LogP contribution in [0, 0.1) is 0 Å². The highest BCUT2D eigenvalue weighted by molar-refractivity contribution is 5.98. The molecule has 24 heavy (non-hydrogen) atoms. The lowest BCUT2D eigenvalue weighted by Gasteiger charge is -2.23. The van der Waals surface area contributed by atoms with Crippen LogP contribution in [0.2, 0.25) is 0 Å². The summed E-state index contributed by atoms with van der Waals surface area (Å²) >= 11 is 0. The lowest BCUT2D eigenvalue weighted by atomic mass is 9.90. The van der Waals surface area contributed by atoms with Crippen molar-refractivity contribution in [2.75, 3.05) is 6.54 Å². The van der Waals surface area contributed by atoms with Crippen molar-refractivity contribution < 1.29 is 15.2 Å². The van der Waals surface area contributed by atoms with Crippen LogP contribution in [0.4, 0.5) is 0 Å². The fourth-order valence-corrected chi connectivity index (χ4v) is 3.26. The molecule has 0 saturated heterocycles. The van der Waals surface area contributed by atoms with E-state index >= 15 is 0 Å². The average Bonchev–Trinajstić information content (AvgIpc) is 2.59. The Kier molecular flexibility index (Phi) is 4.11. The van der Waals surface area contributed by atoms with E-state index < -0.39 is 22.9 Å². The molecule has 0 aliphatic carbocycles. The van der Waals surface area contributed by atoms with Crippen molar-refractivity contribution in [1.29, 1.82) is 0 Å². The molecule has 0 spiro atoms. The smallest absolute Gasteiger partial charge is 0.333 e. The van der Waals surface area contributed by atoms with Crippen LogP contribution in [0.5, 0.6) is 5.88 Å². The second-order valence-corrected chi connectivity index (χ2v) is 6.11. The van der Waals surface area contributed by atoms with Crippen LogP contribution in [0.25, 0.3) is 0 Å². The average molecular weight is 330 g/mol. The zero-order chi connectivity index (χ0) is 17.4. The van der Waals surface area contributed by atoms with Crippen LogP contribution in [0.1, 0.15) is 33.9 Å². The number of quaternary nitrogens is 1. The number of nitrogens with two attached hydrogens (primary N) is 1. The Balaban J connectivity index is 1.98. The van der Waals surface area contributed by atoms with Gasteiger partial charge in [-0.25, -0.2) is 4.79 Å². The van der Waals surface area contributed by atoms with Gasteiger partial charge in [0.1, 0.15) is 11.6 Å². The molecule has 7 heteroatoms. The molecule has 0 fully saturated rings. The molecule has 3 N–H and O–H groups in total. The number of nitrogens with zero attached hydrogens (tertiary/aromatic N) is 2. The number of hydrogen-bond acceptors (Lipinski definition) is 4. The normalized spacial score (nSPS) is 16.7. The van der Waals surface area contributed by atoms with Gasteiger partial charge in [0.2, 0.25) is 5.88 Å². The van der Waals surface area contributed by atoms with Crippen LogP contribution in [0.3, 0.4) is 0 Å². The molecule has 3 rings (SSSR count). The first-order chi connectivity index (χ1) is 11.4. The lowest BCUT2D eigenvalue weighted by Crippen LogP contribution is -2.87. The van der Waals surface area contributed by atoms with Crippen LogP contribution in [-0.2, 0) is 20.5 Å². The Bertz CT molecular complexity index is 926. The van der Waals surface area contributed by atoms with Gasteiger partial charge in [0.15, 0.2) is 5.78 Å². The molecular formula is C17H20N3O4+. The molecule has 1 aromatic heterocycles. The second kappa shape index (κ2) is 6.09. The maximum atomic E-state index is 12.7. The third-order valence-electron chi connectivity index (χ3n) is 4.64. The van der Waals surface area contributed by atoms with Gasteiger partial charge in [-0.15, -0.1) is 0 Å². The summed E-state index contributed by atoms with van der Waals surface area (Å²) in [6.07, 6.45) is 1.03. The largest absolute Gasteiger partial charge is 0.494 e. The van der Waals surface area contributed by atoms with Gasteiger partial charge in [-0.1, -0.05) is 24.3 Å². The molecule has 1 aliphatic heterocycles. The molecule has 2 aromatic rings. The van der Waals surface area contributed by atoms with E-state index in [4.69, 9.17) is 0 Å². The maximum Gasteiger partial charge on any atom is 0.333 e. The van der Waals surface area contributed by atoms with Crippen molar-refractivity contribution in [2.45, 2.75) is 18.9 Å². The number of fused-ring (bicyclic) bond motifs is 1. The Morgan fingerprint density at radius 1 is 1.25 bits per heavy atom. The molecular weight excluding hydrogens is 310 g/mol. The van der Waals surface area contributed by atoms with Crippen LogP contribution >= 0.6 is 0 Å². The highest BCUT2D eigenvalue weighted by Gasteiger charge is 2.29. The Morgan fingerprint density at radius 2 is 1.96 bits per heavy atom. The first-order valence-electron chi connectivity index (χ1n) is 7.85. The number of aromatic nitrogens is 2. The first kappa shape index (κ1) is 16.2. The van der Waals surface area contributed by atoms with Gasteiger partial charge < -0.3 is 10.4 Å². The maximum absolute atomic E-state index is 12.7. The number of carbonyl (C=O) groups excluding carboxylic acids is 1. The van der Waals surface area contributed by atoms with E-state index in [9.17, 15) is 19.5 Å². The molecule has 2 heterocycles. The summed E-state index contributed by atoms with van der Waals surface area (Å²) in [5, 5.41) is 12.2. The summed E-state index contributed by atoms with van der Waals surface area (Å²) in [6, 6.07) is 7.84. The summed E-state index contributed by atoms with van der Waals surface area (Å²) in [6.45, 7) is 0.867. The molecule has 0 unspecified atom stereocenters. The Hall–Kier alpha value is -2.67. The lowest BCUT2D eigenvalue weighted by molar-refractivity contribution is -0.697. The number of benzene rings is 1. The van der Waals surface area contributed by atoms with Crippen LogP contribution in [0.15, 0.2) is 33.9 Å². The molecule has 1 aromatic carbocycles. The number of rotatable bonds is 3.